The summed E-state index contributed by atoms with van der Waals surface area (Å²) in [5.41, 5.74) is 6.51. The molecule has 0 fully saturated rings. The number of nitrogens with zero attached hydrogens (tertiary/aromatic N) is 1. The van der Waals surface area contributed by atoms with E-state index in [1.807, 2.05) is 35.7 Å². The average Bonchev–Trinajstić information content (AvgIpc) is 3.26. The molecule has 0 spiro atoms. The van der Waals surface area contributed by atoms with E-state index in [0.29, 0.717) is 0 Å². The number of aromatic nitrogens is 1. The van der Waals surface area contributed by atoms with Crippen molar-refractivity contribution in [2.75, 3.05) is 0 Å². The summed E-state index contributed by atoms with van der Waals surface area (Å²) in [4.78, 5) is 4.75. The van der Waals surface area contributed by atoms with Gasteiger partial charge in [-0.05, 0) is 51.9 Å². The first-order chi connectivity index (χ1) is 16.8. The average molecular weight is 447 g/mol. The molecule has 7 rings (SSSR count). The molecular weight excluding hydrogens is 429 g/mol. The first-order valence-corrected chi connectivity index (χ1v) is 12.2. The molecule has 0 aliphatic rings. The number of rotatable bonds is 2. The third-order valence-electron chi connectivity index (χ3n) is 6.66. The van der Waals surface area contributed by atoms with E-state index in [4.69, 9.17) is 12.8 Å². The number of fused-ring (bicyclic) bond motifs is 6. The highest BCUT2D eigenvalue weighted by Gasteiger charge is 2.15. The third-order valence-corrected chi connectivity index (χ3v) is 7.79. The zero-order valence-corrected chi connectivity index (χ0v) is 19.1. The molecule has 2 heterocycles. The van der Waals surface area contributed by atoms with Crippen molar-refractivity contribution in [1.29, 1.82) is 0 Å². The molecule has 2 radical (unpaired) electrons. The molecular formula is C31H18BNS. The van der Waals surface area contributed by atoms with Crippen molar-refractivity contribution in [1.82, 2.24) is 4.98 Å². The molecule has 0 amide bonds. The van der Waals surface area contributed by atoms with Crippen molar-refractivity contribution in [3.05, 3.63) is 109 Å². The second-order valence-electron chi connectivity index (χ2n) is 8.63. The number of hydrogen-bond donors (Lipinski definition) is 0. The van der Waals surface area contributed by atoms with Crippen molar-refractivity contribution >= 4 is 66.5 Å². The smallest absolute Gasteiger partial charge is 0.114 e. The molecule has 0 atom stereocenters. The Hall–Kier alpha value is -3.95. The van der Waals surface area contributed by atoms with Gasteiger partial charge in [-0.15, -0.1) is 11.3 Å². The van der Waals surface area contributed by atoms with Crippen molar-refractivity contribution < 1.29 is 0 Å². The zero-order valence-electron chi connectivity index (χ0n) is 18.3. The molecule has 0 unspecified atom stereocenters. The fourth-order valence-electron chi connectivity index (χ4n) is 5.12. The molecule has 2 aromatic heterocycles. The second-order valence-corrected chi connectivity index (χ2v) is 9.71. The lowest BCUT2D eigenvalue weighted by atomic mass is 9.84. The van der Waals surface area contributed by atoms with Gasteiger partial charge in [-0.25, -0.2) is 0 Å². The van der Waals surface area contributed by atoms with Crippen LogP contribution in [0, 0.1) is 0 Å². The molecule has 0 bridgehead atoms. The van der Waals surface area contributed by atoms with Crippen LogP contribution < -0.4 is 5.46 Å². The second kappa shape index (κ2) is 7.54. The Morgan fingerprint density at radius 3 is 2.35 bits per heavy atom. The van der Waals surface area contributed by atoms with Gasteiger partial charge in [0, 0.05) is 37.1 Å². The minimum absolute atomic E-state index is 0.809. The normalized spacial score (nSPS) is 11.6. The summed E-state index contributed by atoms with van der Waals surface area (Å²) < 4.78 is 2.52. The Labute approximate surface area is 202 Å². The molecule has 156 valence electrons. The van der Waals surface area contributed by atoms with Gasteiger partial charge in [0.05, 0.1) is 5.52 Å². The van der Waals surface area contributed by atoms with E-state index in [1.165, 1.54) is 42.1 Å². The maximum atomic E-state index is 6.55. The minimum Gasteiger partial charge on any atom is -0.256 e. The van der Waals surface area contributed by atoms with Crippen molar-refractivity contribution in [3.8, 4) is 22.3 Å². The standard InChI is InChI=1S/C31H18BNS/c32-25-14-16-27-30(29(25)19-6-2-1-3-7-19)24-18-22(13-15-26(24)34-27)23-10-4-8-20-11-12-21-9-5-17-33-31(21)28(20)23/h1-18H. The predicted molar refractivity (Wildman–Crippen MR) is 148 cm³/mol. The summed E-state index contributed by atoms with van der Waals surface area (Å²) in [5.74, 6) is 0. The van der Waals surface area contributed by atoms with Crippen LogP contribution in [-0.2, 0) is 0 Å². The molecule has 0 saturated heterocycles. The number of hydrogen-bond acceptors (Lipinski definition) is 2. The van der Waals surface area contributed by atoms with Gasteiger partial charge in [0.1, 0.15) is 7.85 Å². The van der Waals surface area contributed by atoms with Crippen LogP contribution in [0.4, 0.5) is 0 Å². The fourth-order valence-corrected chi connectivity index (χ4v) is 6.22. The van der Waals surface area contributed by atoms with Gasteiger partial charge in [-0.3, -0.25) is 4.98 Å². The van der Waals surface area contributed by atoms with E-state index in [0.717, 1.165) is 27.5 Å². The van der Waals surface area contributed by atoms with E-state index >= 15 is 0 Å². The Kier molecular flexibility index (Phi) is 4.33. The van der Waals surface area contributed by atoms with Crippen LogP contribution in [0.2, 0.25) is 0 Å². The van der Waals surface area contributed by atoms with Gasteiger partial charge >= 0.3 is 0 Å². The topological polar surface area (TPSA) is 12.9 Å². The maximum absolute atomic E-state index is 6.55. The number of benzene rings is 5. The van der Waals surface area contributed by atoms with Crippen LogP contribution in [0.3, 0.4) is 0 Å². The fraction of sp³-hybridized carbons (Fsp3) is 0. The Morgan fingerprint density at radius 1 is 0.618 bits per heavy atom. The van der Waals surface area contributed by atoms with Gasteiger partial charge in [-0.1, -0.05) is 84.3 Å². The summed E-state index contributed by atoms with van der Waals surface area (Å²) in [5, 5.41) is 6.03. The summed E-state index contributed by atoms with van der Waals surface area (Å²) in [6, 6.07) is 36.4. The van der Waals surface area contributed by atoms with Crippen LogP contribution in [0.25, 0.3) is 64.1 Å². The molecule has 5 aromatic carbocycles. The summed E-state index contributed by atoms with van der Waals surface area (Å²) in [6.45, 7) is 0. The molecule has 0 N–H and O–H groups in total. The lowest BCUT2D eigenvalue weighted by molar-refractivity contribution is 1.43. The first-order valence-electron chi connectivity index (χ1n) is 11.3. The predicted octanol–water partition coefficient (Wildman–Crippen LogP) is 7.88. The van der Waals surface area contributed by atoms with Crippen molar-refractivity contribution in [2.24, 2.45) is 0 Å². The van der Waals surface area contributed by atoms with E-state index in [-0.39, 0.29) is 0 Å². The van der Waals surface area contributed by atoms with E-state index < -0.39 is 0 Å². The quantitative estimate of drug-likeness (QED) is 0.194. The van der Waals surface area contributed by atoms with Crippen LogP contribution >= 0.6 is 11.3 Å². The van der Waals surface area contributed by atoms with Gasteiger partial charge in [0.15, 0.2) is 0 Å². The molecule has 7 aromatic rings. The first kappa shape index (κ1) is 19.5. The van der Waals surface area contributed by atoms with Crippen LogP contribution in [0.5, 0.6) is 0 Å². The highest BCUT2D eigenvalue weighted by Crippen LogP contribution is 2.42. The van der Waals surface area contributed by atoms with Crippen LogP contribution in [0.1, 0.15) is 0 Å². The largest absolute Gasteiger partial charge is 0.256 e. The van der Waals surface area contributed by atoms with Gasteiger partial charge in [-0.2, -0.15) is 0 Å². The van der Waals surface area contributed by atoms with Gasteiger partial charge in [0.2, 0.25) is 0 Å². The summed E-state index contributed by atoms with van der Waals surface area (Å²) in [7, 11) is 6.55. The Morgan fingerprint density at radius 2 is 1.44 bits per heavy atom. The lowest BCUT2D eigenvalue weighted by Gasteiger charge is -2.11. The molecule has 0 aliphatic carbocycles. The van der Waals surface area contributed by atoms with Crippen LogP contribution in [-0.4, -0.2) is 12.8 Å². The minimum atomic E-state index is 0.809. The monoisotopic (exact) mass is 447 g/mol. The van der Waals surface area contributed by atoms with Gasteiger partial charge < -0.3 is 0 Å². The van der Waals surface area contributed by atoms with Crippen molar-refractivity contribution in [3.63, 3.8) is 0 Å². The van der Waals surface area contributed by atoms with E-state index in [1.54, 1.807) is 0 Å². The lowest BCUT2D eigenvalue weighted by Crippen LogP contribution is -2.06. The summed E-state index contributed by atoms with van der Waals surface area (Å²) >= 11 is 1.82. The van der Waals surface area contributed by atoms with E-state index in [9.17, 15) is 0 Å². The highest BCUT2D eigenvalue weighted by atomic mass is 32.1. The van der Waals surface area contributed by atoms with Gasteiger partial charge in [0.25, 0.3) is 0 Å². The van der Waals surface area contributed by atoms with Crippen molar-refractivity contribution in [2.45, 2.75) is 0 Å². The Balaban J connectivity index is 1.57. The molecule has 0 saturated carbocycles. The van der Waals surface area contributed by atoms with E-state index in [2.05, 4.69) is 84.9 Å². The highest BCUT2D eigenvalue weighted by molar-refractivity contribution is 7.26. The molecule has 1 nitrogen and oxygen atoms in total. The molecule has 0 aliphatic heterocycles. The Bertz CT molecular complexity index is 1870. The summed E-state index contributed by atoms with van der Waals surface area (Å²) in [6.07, 6.45) is 1.88. The SMILES string of the molecule is [B]c1ccc2sc3ccc(-c4cccc5ccc6cccnc6c45)cc3c2c1-c1ccccc1. The number of thiophene rings is 1. The zero-order chi connectivity index (χ0) is 22.6. The third kappa shape index (κ3) is 2.91. The van der Waals surface area contributed by atoms with Crippen LogP contribution in [0.15, 0.2) is 109 Å². The number of pyridine rings is 1. The molecule has 34 heavy (non-hydrogen) atoms. The molecule has 3 heteroatoms. The maximum Gasteiger partial charge on any atom is 0.114 e.